The molecule has 0 saturated carbocycles. The number of anilines is 1. The number of nitrogens with one attached hydrogen (secondary N) is 1. The van der Waals surface area contributed by atoms with Crippen LogP contribution < -0.4 is 5.32 Å². The number of aromatic nitrogens is 2. The van der Waals surface area contributed by atoms with Gasteiger partial charge in [0.05, 0.1) is 16.9 Å². The Hall–Kier alpha value is -1.21. The van der Waals surface area contributed by atoms with E-state index in [0.717, 1.165) is 22.6 Å². The van der Waals surface area contributed by atoms with Crippen LogP contribution in [-0.4, -0.2) is 36.4 Å². The Bertz CT molecular complexity index is 709. The zero-order chi connectivity index (χ0) is 13.5. The molecule has 19 heavy (non-hydrogen) atoms. The third-order valence-electron chi connectivity index (χ3n) is 3.28. The normalized spacial score (nSPS) is 21.8. The molecule has 2 aromatic heterocycles. The molecule has 0 bridgehead atoms. The molecule has 2 aromatic rings. The van der Waals surface area contributed by atoms with Crippen LogP contribution in [0.1, 0.15) is 25.1 Å². The van der Waals surface area contributed by atoms with E-state index in [-0.39, 0.29) is 17.4 Å². The van der Waals surface area contributed by atoms with Gasteiger partial charge in [-0.25, -0.2) is 18.4 Å². The number of hydrogen-bond donors (Lipinski definition) is 1. The second-order valence-corrected chi connectivity index (χ2v) is 7.82. The Kier molecular flexibility index (Phi) is 3.18. The summed E-state index contributed by atoms with van der Waals surface area (Å²) in [5.74, 6) is 1.84. The van der Waals surface area contributed by atoms with Gasteiger partial charge in [0, 0.05) is 12.5 Å². The van der Waals surface area contributed by atoms with Crippen LogP contribution >= 0.6 is 11.3 Å². The summed E-state index contributed by atoms with van der Waals surface area (Å²) < 4.78 is 23.1. The van der Waals surface area contributed by atoms with E-state index in [1.807, 2.05) is 18.4 Å². The summed E-state index contributed by atoms with van der Waals surface area (Å²) in [6.07, 6.45) is 0.630. The Morgan fingerprint density at radius 3 is 3.00 bits per heavy atom. The van der Waals surface area contributed by atoms with Crippen molar-refractivity contribution in [2.75, 3.05) is 23.4 Å². The van der Waals surface area contributed by atoms with Gasteiger partial charge < -0.3 is 5.32 Å². The first-order valence-corrected chi connectivity index (χ1v) is 8.98. The molecule has 0 aromatic carbocycles. The molecule has 1 atom stereocenters. The maximum Gasteiger partial charge on any atom is 0.151 e. The van der Waals surface area contributed by atoms with Crippen molar-refractivity contribution in [3.63, 3.8) is 0 Å². The van der Waals surface area contributed by atoms with Crippen molar-refractivity contribution in [3.05, 3.63) is 17.3 Å². The van der Waals surface area contributed by atoms with Gasteiger partial charge in [0.1, 0.15) is 16.5 Å². The smallest absolute Gasteiger partial charge is 0.151 e. The summed E-state index contributed by atoms with van der Waals surface area (Å²) in [6.45, 7) is 2.80. The maximum atomic E-state index is 11.6. The number of fused-ring (bicyclic) bond motifs is 1. The molecule has 5 nitrogen and oxygen atoms in total. The van der Waals surface area contributed by atoms with E-state index in [9.17, 15) is 8.42 Å². The zero-order valence-corrected chi connectivity index (χ0v) is 12.2. The number of sulfone groups is 1. The summed E-state index contributed by atoms with van der Waals surface area (Å²) in [7, 11) is -2.91. The van der Waals surface area contributed by atoms with Crippen molar-refractivity contribution >= 4 is 37.2 Å². The molecular formula is C12H15N3O2S2. The first-order chi connectivity index (χ1) is 9.09. The second kappa shape index (κ2) is 4.72. The van der Waals surface area contributed by atoms with Crippen LogP contribution in [-0.2, 0) is 9.84 Å². The van der Waals surface area contributed by atoms with Crippen LogP contribution in [0.25, 0.3) is 10.2 Å². The van der Waals surface area contributed by atoms with Crippen LogP contribution in [0.3, 0.4) is 0 Å². The van der Waals surface area contributed by atoms with E-state index in [1.165, 1.54) is 0 Å². The van der Waals surface area contributed by atoms with Crippen molar-refractivity contribution in [3.8, 4) is 0 Å². The molecule has 0 amide bonds. The van der Waals surface area contributed by atoms with Gasteiger partial charge in [0.2, 0.25) is 0 Å². The van der Waals surface area contributed by atoms with E-state index in [4.69, 9.17) is 0 Å². The number of thiophene rings is 1. The molecule has 3 heterocycles. The molecule has 0 radical (unpaired) electrons. The number of hydrogen-bond acceptors (Lipinski definition) is 6. The minimum atomic E-state index is -2.91. The largest absolute Gasteiger partial charge is 0.370 e. The fourth-order valence-electron chi connectivity index (χ4n) is 2.36. The van der Waals surface area contributed by atoms with E-state index in [0.29, 0.717) is 12.2 Å². The summed E-state index contributed by atoms with van der Waals surface area (Å²) in [5.41, 5.74) is 0. The van der Waals surface area contributed by atoms with Crippen LogP contribution in [0.4, 0.5) is 5.82 Å². The van der Waals surface area contributed by atoms with Crippen LogP contribution in [0, 0.1) is 0 Å². The molecule has 7 heteroatoms. The van der Waals surface area contributed by atoms with Gasteiger partial charge in [-0.3, -0.25) is 0 Å². The minimum Gasteiger partial charge on any atom is -0.370 e. The van der Waals surface area contributed by atoms with Crippen molar-refractivity contribution in [1.29, 1.82) is 0 Å². The summed E-state index contributed by atoms with van der Waals surface area (Å²) in [4.78, 5) is 9.98. The van der Waals surface area contributed by atoms with Crippen LogP contribution in [0.2, 0.25) is 0 Å². The highest BCUT2D eigenvalue weighted by Gasteiger charge is 2.31. The number of rotatable bonds is 3. The molecular weight excluding hydrogens is 282 g/mol. The predicted octanol–water partition coefficient (Wildman–Crippen LogP) is 2.03. The highest BCUT2D eigenvalue weighted by molar-refractivity contribution is 7.91. The molecule has 1 N–H and O–H groups in total. The lowest BCUT2D eigenvalue weighted by Crippen LogP contribution is -2.09. The minimum absolute atomic E-state index is 0.0612. The van der Waals surface area contributed by atoms with Gasteiger partial charge in [0.15, 0.2) is 9.84 Å². The average molecular weight is 297 g/mol. The van der Waals surface area contributed by atoms with Crippen LogP contribution in [0.5, 0.6) is 0 Å². The monoisotopic (exact) mass is 297 g/mol. The molecule has 0 spiro atoms. The summed E-state index contributed by atoms with van der Waals surface area (Å²) >= 11 is 1.56. The molecule has 1 aliphatic heterocycles. The van der Waals surface area contributed by atoms with Gasteiger partial charge in [-0.05, 0) is 24.8 Å². The third kappa shape index (κ3) is 2.44. The molecule has 102 valence electrons. The van der Waals surface area contributed by atoms with Crippen molar-refractivity contribution in [1.82, 2.24) is 9.97 Å². The van der Waals surface area contributed by atoms with Crippen molar-refractivity contribution in [2.45, 2.75) is 19.3 Å². The highest BCUT2D eigenvalue weighted by atomic mass is 32.2. The molecule has 1 saturated heterocycles. The van der Waals surface area contributed by atoms with Crippen molar-refractivity contribution < 1.29 is 8.42 Å². The van der Waals surface area contributed by atoms with Crippen molar-refractivity contribution in [2.24, 2.45) is 0 Å². The van der Waals surface area contributed by atoms with Gasteiger partial charge in [-0.2, -0.15) is 0 Å². The Morgan fingerprint density at radius 1 is 1.47 bits per heavy atom. The van der Waals surface area contributed by atoms with Gasteiger partial charge in [0.25, 0.3) is 0 Å². The first kappa shape index (κ1) is 12.8. The second-order valence-electron chi connectivity index (χ2n) is 4.70. The Balaban J connectivity index is 2.04. The summed E-state index contributed by atoms with van der Waals surface area (Å²) in [6, 6.07) is 1.99. The van der Waals surface area contributed by atoms with E-state index >= 15 is 0 Å². The Labute approximate surface area is 116 Å². The van der Waals surface area contributed by atoms with Crippen LogP contribution in [0.15, 0.2) is 11.4 Å². The SMILES string of the molecule is CCNc1nc(C2CCS(=O)(=O)C2)nc2sccc12. The van der Waals surface area contributed by atoms with Gasteiger partial charge >= 0.3 is 0 Å². The Morgan fingerprint density at radius 2 is 2.32 bits per heavy atom. The fraction of sp³-hybridized carbons (Fsp3) is 0.500. The van der Waals surface area contributed by atoms with Gasteiger partial charge in [-0.1, -0.05) is 0 Å². The predicted molar refractivity (Wildman–Crippen MR) is 77.6 cm³/mol. The molecule has 0 aliphatic carbocycles. The highest BCUT2D eigenvalue weighted by Crippen LogP contribution is 2.31. The fourth-order valence-corrected chi connectivity index (χ4v) is 4.87. The number of nitrogens with zero attached hydrogens (tertiary/aromatic N) is 2. The lowest BCUT2D eigenvalue weighted by molar-refractivity contribution is 0.601. The standard InChI is InChI=1S/C12H15N3O2S2/c1-2-13-11-9-3-5-18-12(9)15-10(14-11)8-4-6-19(16,17)7-8/h3,5,8H,2,4,6-7H2,1H3,(H,13,14,15). The summed E-state index contributed by atoms with van der Waals surface area (Å²) in [5, 5.41) is 6.22. The van der Waals surface area contributed by atoms with E-state index in [2.05, 4.69) is 15.3 Å². The lowest BCUT2D eigenvalue weighted by Gasteiger charge is -2.10. The average Bonchev–Trinajstić information content (AvgIpc) is 2.95. The molecule has 1 unspecified atom stereocenters. The first-order valence-electron chi connectivity index (χ1n) is 6.28. The lowest BCUT2D eigenvalue weighted by atomic mass is 10.1. The van der Waals surface area contributed by atoms with E-state index in [1.54, 1.807) is 11.3 Å². The molecule has 1 aliphatic rings. The molecule has 3 rings (SSSR count). The maximum absolute atomic E-state index is 11.6. The quantitative estimate of drug-likeness (QED) is 0.938. The van der Waals surface area contributed by atoms with Gasteiger partial charge in [-0.15, -0.1) is 11.3 Å². The topological polar surface area (TPSA) is 72.0 Å². The molecule has 1 fully saturated rings. The third-order valence-corrected chi connectivity index (χ3v) is 5.86. The zero-order valence-electron chi connectivity index (χ0n) is 10.6. The van der Waals surface area contributed by atoms with E-state index < -0.39 is 9.84 Å².